The molecule has 0 unspecified atom stereocenters. The van der Waals surface area contributed by atoms with Crippen LogP contribution in [-0.4, -0.2) is 23.7 Å². The maximum atomic E-state index is 12.5. The van der Waals surface area contributed by atoms with E-state index in [4.69, 9.17) is 9.47 Å². The van der Waals surface area contributed by atoms with Gasteiger partial charge in [-0.15, -0.1) is 0 Å². The molecule has 1 N–H and O–H groups in total. The van der Waals surface area contributed by atoms with E-state index in [1.807, 2.05) is 78.9 Å². The van der Waals surface area contributed by atoms with E-state index >= 15 is 0 Å². The largest absolute Gasteiger partial charge is 0.493 e. The number of rotatable bonds is 6. The fraction of sp³-hybridized carbons (Fsp3) is 0.0833. The summed E-state index contributed by atoms with van der Waals surface area (Å²) in [5.74, 6) is 1.55. The Kier molecular flexibility index (Phi) is 5.38. The molecule has 1 aromatic heterocycles. The third kappa shape index (κ3) is 4.04. The summed E-state index contributed by atoms with van der Waals surface area (Å²) in [6.45, 7) is 0.347. The van der Waals surface area contributed by atoms with Crippen molar-refractivity contribution in [3.8, 4) is 22.9 Å². The number of benzene rings is 3. The van der Waals surface area contributed by atoms with Crippen LogP contribution in [-0.2, 0) is 0 Å². The molecule has 4 rings (SSSR count). The van der Waals surface area contributed by atoms with Crippen molar-refractivity contribution in [2.45, 2.75) is 0 Å². The second kappa shape index (κ2) is 8.44. The normalized spacial score (nSPS) is 11.1. The van der Waals surface area contributed by atoms with Crippen LogP contribution < -0.4 is 15.0 Å². The number of aromatic nitrogens is 2. The average Bonchev–Trinajstić information content (AvgIpc) is 2.77. The molecule has 3 aromatic carbocycles. The first-order valence-corrected chi connectivity index (χ1v) is 9.27. The van der Waals surface area contributed by atoms with Crippen LogP contribution in [0.15, 0.2) is 83.7 Å². The number of nitrogens with zero attached hydrogens (tertiary/aromatic N) is 1. The molecule has 0 spiro atoms. The number of methoxy groups -OCH3 is 1. The first-order chi connectivity index (χ1) is 14.3. The third-order valence-electron chi connectivity index (χ3n) is 4.50. The van der Waals surface area contributed by atoms with Gasteiger partial charge in [-0.05, 0) is 35.9 Å². The minimum Gasteiger partial charge on any atom is -0.493 e. The number of para-hydroxylation sites is 2. The molecule has 0 aliphatic rings. The lowest BCUT2D eigenvalue weighted by Gasteiger charge is -2.14. The van der Waals surface area contributed by atoms with Crippen LogP contribution in [0.5, 0.6) is 11.5 Å². The van der Waals surface area contributed by atoms with Gasteiger partial charge in [-0.1, -0.05) is 54.6 Å². The molecule has 5 heteroatoms. The molecule has 0 amide bonds. The van der Waals surface area contributed by atoms with E-state index < -0.39 is 0 Å². The summed E-state index contributed by atoms with van der Waals surface area (Å²) in [4.78, 5) is 19.9. The maximum Gasteiger partial charge on any atom is 0.259 e. The van der Waals surface area contributed by atoms with Crippen LogP contribution in [0.1, 0.15) is 5.56 Å². The quantitative estimate of drug-likeness (QED) is 0.524. The molecule has 0 atom stereocenters. The second-order valence-corrected chi connectivity index (χ2v) is 6.39. The maximum absolute atomic E-state index is 12.5. The van der Waals surface area contributed by atoms with Crippen LogP contribution in [0, 0.1) is 0 Å². The molecule has 5 nitrogen and oxygen atoms in total. The summed E-state index contributed by atoms with van der Waals surface area (Å²) in [6.07, 6.45) is 3.92. The fourth-order valence-electron chi connectivity index (χ4n) is 3.11. The lowest BCUT2D eigenvalue weighted by Crippen LogP contribution is -2.10. The number of fused-ring (bicyclic) bond motifs is 1. The molecule has 0 radical (unpaired) electrons. The van der Waals surface area contributed by atoms with E-state index in [0.29, 0.717) is 40.4 Å². The van der Waals surface area contributed by atoms with Crippen molar-refractivity contribution in [3.05, 3.63) is 94.8 Å². The molecule has 4 aromatic rings. The van der Waals surface area contributed by atoms with E-state index in [0.717, 1.165) is 5.56 Å². The first-order valence-electron chi connectivity index (χ1n) is 9.27. The van der Waals surface area contributed by atoms with Crippen LogP contribution in [0.25, 0.3) is 28.4 Å². The Morgan fingerprint density at radius 2 is 1.76 bits per heavy atom. The highest BCUT2D eigenvalue weighted by Crippen LogP contribution is 2.36. The Labute approximate surface area is 168 Å². The predicted molar refractivity (Wildman–Crippen MR) is 115 cm³/mol. The number of H-pyrrole nitrogens is 1. The molecule has 0 saturated heterocycles. The van der Waals surface area contributed by atoms with Gasteiger partial charge < -0.3 is 14.5 Å². The number of ether oxygens (including phenoxy) is 2. The highest BCUT2D eigenvalue weighted by atomic mass is 16.5. The number of nitrogens with one attached hydrogen (secondary N) is 1. The van der Waals surface area contributed by atoms with E-state index in [-0.39, 0.29) is 5.56 Å². The topological polar surface area (TPSA) is 64.2 Å². The first kappa shape index (κ1) is 18.5. The summed E-state index contributed by atoms with van der Waals surface area (Å²) in [5, 5.41) is 0.549. The van der Waals surface area contributed by atoms with Gasteiger partial charge in [0, 0.05) is 0 Å². The minimum atomic E-state index is -0.191. The van der Waals surface area contributed by atoms with Gasteiger partial charge in [0.2, 0.25) is 0 Å². The summed E-state index contributed by atoms with van der Waals surface area (Å²) in [7, 11) is 1.59. The number of hydrogen-bond donors (Lipinski definition) is 1. The van der Waals surface area contributed by atoms with Gasteiger partial charge in [0.25, 0.3) is 5.56 Å². The summed E-state index contributed by atoms with van der Waals surface area (Å²) in [6, 6.07) is 22.8. The van der Waals surface area contributed by atoms with Crippen LogP contribution in [0.3, 0.4) is 0 Å². The Balaban J connectivity index is 1.68. The molecule has 1 heterocycles. The highest BCUT2D eigenvalue weighted by molar-refractivity contribution is 5.80. The van der Waals surface area contributed by atoms with E-state index in [2.05, 4.69) is 9.97 Å². The zero-order valence-corrected chi connectivity index (χ0v) is 16.0. The smallest absolute Gasteiger partial charge is 0.259 e. The molecule has 0 saturated carbocycles. The summed E-state index contributed by atoms with van der Waals surface area (Å²) in [5.41, 5.74) is 2.20. The van der Waals surface area contributed by atoms with E-state index in [9.17, 15) is 4.79 Å². The van der Waals surface area contributed by atoms with Crippen molar-refractivity contribution in [2.24, 2.45) is 0 Å². The summed E-state index contributed by atoms with van der Waals surface area (Å²) >= 11 is 0. The minimum absolute atomic E-state index is 0.191. The molecule has 0 fully saturated rings. The molecule has 29 heavy (non-hydrogen) atoms. The number of aromatic amines is 1. The average molecular weight is 384 g/mol. The van der Waals surface area contributed by atoms with Crippen molar-refractivity contribution in [1.29, 1.82) is 0 Å². The van der Waals surface area contributed by atoms with Crippen molar-refractivity contribution in [2.75, 3.05) is 13.7 Å². The van der Waals surface area contributed by atoms with Gasteiger partial charge in [-0.25, -0.2) is 4.98 Å². The van der Waals surface area contributed by atoms with Gasteiger partial charge in [0.1, 0.15) is 12.4 Å². The Hall–Kier alpha value is -3.86. The number of hydrogen-bond acceptors (Lipinski definition) is 4. The van der Waals surface area contributed by atoms with Gasteiger partial charge in [0.15, 0.2) is 11.5 Å². The zero-order valence-electron chi connectivity index (χ0n) is 16.0. The van der Waals surface area contributed by atoms with E-state index in [1.54, 1.807) is 13.2 Å². The molecule has 144 valence electrons. The molecular weight excluding hydrogens is 364 g/mol. The molecule has 0 aliphatic carbocycles. The van der Waals surface area contributed by atoms with Gasteiger partial charge in [-0.2, -0.15) is 0 Å². The second-order valence-electron chi connectivity index (χ2n) is 6.39. The lowest BCUT2D eigenvalue weighted by molar-refractivity contribution is 0.328. The third-order valence-corrected chi connectivity index (χ3v) is 4.50. The van der Waals surface area contributed by atoms with E-state index in [1.165, 1.54) is 0 Å². The van der Waals surface area contributed by atoms with Crippen molar-refractivity contribution in [3.63, 3.8) is 0 Å². The van der Waals surface area contributed by atoms with Gasteiger partial charge >= 0.3 is 0 Å². The van der Waals surface area contributed by atoms with Crippen molar-refractivity contribution < 1.29 is 9.47 Å². The SMILES string of the molecule is COc1cccc(-c2nc3ccccc3c(=O)[nH]2)c1OCC=Cc1ccccc1. The molecule has 0 aliphatic heterocycles. The van der Waals surface area contributed by atoms with Gasteiger partial charge in [-0.3, -0.25) is 4.79 Å². The molecule has 0 bridgehead atoms. The van der Waals surface area contributed by atoms with Crippen LogP contribution in [0.2, 0.25) is 0 Å². The Morgan fingerprint density at radius 1 is 0.966 bits per heavy atom. The fourth-order valence-corrected chi connectivity index (χ4v) is 3.11. The lowest BCUT2D eigenvalue weighted by atomic mass is 10.1. The monoisotopic (exact) mass is 384 g/mol. The molecular formula is C24H20N2O3. The van der Waals surface area contributed by atoms with Crippen molar-refractivity contribution in [1.82, 2.24) is 9.97 Å². The predicted octanol–water partition coefficient (Wildman–Crippen LogP) is 4.69. The Bertz CT molecular complexity index is 1210. The zero-order chi connectivity index (χ0) is 20.1. The Morgan fingerprint density at radius 3 is 2.59 bits per heavy atom. The van der Waals surface area contributed by atoms with Crippen molar-refractivity contribution >= 4 is 17.0 Å². The van der Waals surface area contributed by atoms with Crippen LogP contribution >= 0.6 is 0 Å². The summed E-state index contributed by atoms with van der Waals surface area (Å²) < 4.78 is 11.5. The van der Waals surface area contributed by atoms with Gasteiger partial charge in [0.05, 0.1) is 23.6 Å². The van der Waals surface area contributed by atoms with Crippen LogP contribution in [0.4, 0.5) is 0 Å². The highest BCUT2D eigenvalue weighted by Gasteiger charge is 2.15. The standard InChI is InChI=1S/C24H20N2O3/c1-28-21-15-7-13-19(22(21)29-16-8-11-17-9-3-2-4-10-17)23-25-20-14-6-5-12-18(20)24(27)26-23/h2-15H,16H2,1H3,(H,25,26,27).